The molecule has 1 saturated heterocycles. The molecule has 2 aromatic rings. The lowest BCUT2D eigenvalue weighted by Gasteiger charge is -2.36. The van der Waals surface area contributed by atoms with Gasteiger partial charge in [0.1, 0.15) is 5.82 Å². The molecule has 23 heavy (non-hydrogen) atoms. The molecule has 1 fully saturated rings. The van der Waals surface area contributed by atoms with Crippen LogP contribution in [0.15, 0.2) is 36.5 Å². The van der Waals surface area contributed by atoms with Crippen molar-refractivity contribution in [3.8, 4) is 5.69 Å². The summed E-state index contributed by atoms with van der Waals surface area (Å²) in [7, 11) is -0.926. The largest absolute Gasteiger partial charge is 0.335 e. The van der Waals surface area contributed by atoms with E-state index in [0.717, 1.165) is 0 Å². The second kappa shape index (κ2) is 5.88. The highest BCUT2D eigenvalue weighted by Crippen LogP contribution is 2.21. The quantitative estimate of drug-likeness (QED) is 0.843. The standard InChI is InChI=1S/C16H18FN3O2S/c1-16(2)11-19(9-10-23(16)22)15(21)14-7-8-20(18-14)13-5-3-12(17)4-6-13/h3-8H,9-11H2,1-2H3/t23-/m1/s1. The van der Waals surface area contributed by atoms with Gasteiger partial charge in [-0.15, -0.1) is 0 Å². The van der Waals surface area contributed by atoms with Gasteiger partial charge in [0.25, 0.3) is 5.91 Å². The van der Waals surface area contributed by atoms with Crippen molar-refractivity contribution in [1.82, 2.24) is 14.7 Å². The average Bonchev–Trinajstić information content (AvgIpc) is 3.00. The Morgan fingerprint density at radius 3 is 2.61 bits per heavy atom. The normalized spacial score (nSPS) is 20.5. The molecule has 5 nitrogen and oxygen atoms in total. The number of carbonyl (C=O) groups is 1. The van der Waals surface area contributed by atoms with Gasteiger partial charge in [-0.05, 0) is 44.2 Å². The molecule has 0 aliphatic carbocycles. The molecule has 3 rings (SSSR count). The third kappa shape index (κ3) is 3.19. The number of hydrogen-bond donors (Lipinski definition) is 0. The van der Waals surface area contributed by atoms with E-state index in [1.807, 2.05) is 13.8 Å². The van der Waals surface area contributed by atoms with Crippen LogP contribution in [0.1, 0.15) is 24.3 Å². The van der Waals surface area contributed by atoms with Crippen molar-refractivity contribution in [2.45, 2.75) is 18.6 Å². The highest BCUT2D eigenvalue weighted by Gasteiger charge is 2.35. The summed E-state index contributed by atoms with van der Waals surface area (Å²) in [5, 5.41) is 4.28. The van der Waals surface area contributed by atoms with E-state index in [1.165, 1.54) is 12.1 Å². The Kier molecular flexibility index (Phi) is 4.06. The molecule has 0 radical (unpaired) electrons. The Balaban J connectivity index is 1.79. The number of halogens is 1. The summed E-state index contributed by atoms with van der Waals surface area (Å²) in [4.78, 5) is 14.3. The lowest BCUT2D eigenvalue weighted by molar-refractivity contribution is 0.0739. The topological polar surface area (TPSA) is 55.2 Å². The molecule has 1 atom stereocenters. The van der Waals surface area contributed by atoms with Gasteiger partial charge in [0.2, 0.25) is 0 Å². The molecular weight excluding hydrogens is 317 g/mol. The first-order valence-electron chi connectivity index (χ1n) is 7.36. The molecule has 1 aliphatic rings. The van der Waals surface area contributed by atoms with E-state index in [4.69, 9.17) is 0 Å². The minimum absolute atomic E-state index is 0.171. The molecule has 2 heterocycles. The van der Waals surface area contributed by atoms with Crippen LogP contribution in [0, 0.1) is 5.82 Å². The van der Waals surface area contributed by atoms with Gasteiger partial charge in [-0.3, -0.25) is 9.00 Å². The van der Waals surface area contributed by atoms with E-state index in [2.05, 4.69) is 5.10 Å². The van der Waals surface area contributed by atoms with E-state index >= 15 is 0 Å². The molecule has 122 valence electrons. The fraction of sp³-hybridized carbons (Fsp3) is 0.375. The summed E-state index contributed by atoms with van der Waals surface area (Å²) in [5.41, 5.74) is 1.02. The molecule has 0 bridgehead atoms. The van der Waals surface area contributed by atoms with Crippen LogP contribution < -0.4 is 0 Å². The van der Waals surface area contributed by atoms with Gasteiger partial charge in [0.15, 0.2) is 5.69 Å². The van der Waals surface area contributed by atoms with Crippen LogP contribution in [0.5, 0.6) is 0 Å². The van der Waals surface area contributed by atoms with Gasteiger partial charge in [-0.25, -0.2) is 9.07 Å². The SMILES string of the molecule is CC1(C)CN(C(=O)c2ccn(-c3ccc(F)cc3)n2)CC[S@]1=O. The highest BCUT2D eigenvalue weighted by atomic mass is 32.2. The number of amides is 1. The summed E-state index contributed by atoms with van der Waals surface area (Å²) in [6.07, 6.45) is 1.67. The molecule has 7 heteroatoms. The Labute approximate surface area is 136 Å². The Morgan fingerprint density at radius 2 is 1.96 bits per heavy atom. The summed E-state index contributed by atoms with van der Waals surface area (Å²) in [6.45, 7) is 4.72. The van der Waals surface area contributed by atoms with Crippen LogP contribution in [0.4, 0.5) is 4.39 Å². The molecule has 0 N–H and O–H groups in total. The zero-order chi connectivity index (χ0) is 16.6. The van der Waals surface area contributed by atoms with Crippen LogP contribution >= 0.6 is 0 Å². The number of rotatable bonds is 2. The maximum Gasteiger partial charge on any atom is 0.274 e. The number of aromatic nitrogens is 2. The molecule has 1 amide bonds. The molecule has 1 aromatic heterocycles. The van der Waals surface area contributed by atoms with E-state index in [-0.39, 0.29) is 11.7 Å². The van der Waals surface area contributed by atoms with Gasteiger partial charge < -0.3 is 4.90 Å². The van der Waals surface area contributed by atoms with Gasteiger partial charge in [-0.2, -0.15) is 5.10 Å². The monoisotopic (exact) mass is 335 g/mol. The van der Waals surface area contributed by atoms with Crippen LogP contribution in [-0.4, -0.2) is 48.4 Å². The molecule has 0 unspecified atom stereocenters. The van der Waals surface area contributed by atoms with Crippen LogP contribution in [0.25, 0.3) is 5.69 Å². The molecule has 0 spiro atoms. The van der Waals surface area contributed by atoms with Crippen molar-refractivity contribution in [3.05, 3.63) is 48.0 Å². The smallest absolute Gasteiger partial charge is 0.274 e. The van der Waals surface area contributed by atoms with Crippen molar-refractivity contribution in [2.24, 2.45) is 0 Å². The van der Waals surface area contributed by atoms with Crippen LogP contribution in [0.2, 0.25) is 0 Å². The summed E-state index contributed by atoms with van der Waals surface area (Å²) < 4.78 is 26.1. The Morgan fingerprint density at radius 1 is 1.26 bits per heavy atom. The second-order valence-electron chi connectivity index (χ2n) is 6.16. The Hall–Kier alpha value is -2.02. The second-order valence-corrected chi connectivity index (χ2v) is 8.36. The van der Waals surface area contributed by atoms with Gasteiger partial charge in [0, 0.05) is 35.8 Å². The molecule has 0 saturated carbocycles. The first-order valence-corrected chi connectivity index (χ1v) is 8.68. The van der Waals surface area contributed by atoms with E-state index in [1.54, 1.807) is 34.0 Å². The minimum atomic E-state index is -0.926. The zero-order valence-electron chi connectivity index (χ0n) is 13.0. The van der Waals surface area contributed by atoms with Crippen LogP contribution in [0.3, 0.4) is 0 Å². The average molecular weight is 335 g/mol. The fourth-order valence-electron chi connectivity index (χ4n) is 2.59. The van der Waals surface area contributed by atoms with Crippen molar-refractivity contribution in [1.29, 1.82) is 0 Å². The number of carbonyl (C=O) groups excluding carboxylic acids is 1. The lowest BCUT2D eigenvalue weighted by atomic mass is 10.2. The van der Waals surface area contributed by atoms with Crippen molar-refractivity contribution >= 4 is 16.7 Å². The lowest BCUT2D eigenvalue weighted by Crippen LogP contribution is -2.52. The summed E-state index contributed by atoms with van der Waals surface area (Å²) >= 11 is 0. The third-order valence-corrected chi connectivity index (χ3v) is 5.84. The molecule has 1 aromatic carbocycles. The number of hydrogen-bond acceptors (Lipinski definition) is 3. The van der Waals surface area contributed by atoms with Gasteiger partial charge in [0.05, 0.1) is 10.4 Å². The van der Waals surface area contributed by atoms with Crippen LogP contribution in [-0.2, 0) is 10.8 Å². The van der Waals surface area contributed by atoms with Gasteiger partial charge >= 0.3 is 0 Å². The third-order valence-electron chi connectivity index (χ3n) is 3.92. The summed E-state index contributed by atoms with van der Waals surface area (Å²) in [6, 6.07) is 7.54. The predicted molar refractivity (Wildman–Crippen MR) is 86.5 cm³/mol. The first-order chi connectivity index (χ1) is 10.9. The van der Waals surface area contributed by atoms with Crippen molar-refractivity contribution in [2.75, 3.05) is 18.8 Å². The van der Waals surface area contributed by atoms with E-state index in [0.29, 0.717) is 30.2 Å². The van der Waals surface area contributed by atoms with Crippen molar-refractivity contribution < 1.29 is 13.4 Å². The zero-order valence-corrected chi connectivity index (χ0v) is 13.8. The summed E-state index contributed by atoms with van der Waals surface area (Å²) in [5.74, 6) is -0.00591. The van der Waals surface area contributed by atoms with Crippen molar-refractivity contribution in [3.63, 3.8) is 0 Å². The molecular formula is C16H18FN3O2S. The maximum absolute atomic E-state index is 13.0. The van der Waals surface area contributed by atoms with E-state index < -0.39 is 15.5 Å². The number of benzene rings is 1. The minimum Gasteiger partial charge on any atom is -0.335 e. The van der Waals surface area contributed by atoms with Gasteiger partial charge in [-0.1, -0.05) is 0 Å². The Bertz CT molecular complexity index is 755. The highest BCUT2D eigenvalue weighted by molar-refractivity contribution is 7.86. The number of nitrogens with zero attached hydrogens (tertiary/aromatic N) is 3. The maximum atomic E-state index is 13.0. The first kappa shape index (κ1) is 15.9. The predicted octanol–water partition coefficient (Wildman–Crippen LogP) is 1.99. The fourth-order valence-corrected chi connectivity index (χ4v) is 3.83. The van der Waals surface area contributed by atoms with E-state index in [9.17, 15) is 13.4 Å². The molecule has 1 aliphatic heterocycles.